The van der Waals surface area contributed by atoms with Crippen LogP contribution in [0.3, 0.4) is 0 Å². The fourth-order valence-corrected chi connectivity index (χ4v) is 4.75. The monoisotopic (exact) mass is 467 g/mol. The predicted octanol–water partition coefficient (Wildman–Crippen LogP) is 5.14. The Bertz CT molecular complexity index is 1230. The molecule has 0 fully saturated rings. The molecule has 0 unspecified atom stereocenters. The van der Waals surface area contributed by atoms with Gasteiger partial charge in [0.15, 0.2) is 11.5 Å². The van der Waals surface area contributed by atoms with Crippen molar-refractivity contribution in [2.45, 2.75) is 19.8 Å². The number of carbonyl (C=O) groups is 2. The van der Waals surface area contributed by atoms with Gasteiger partial charge in [-0.25, -0.2) is 4.79 Å². The number of ether oxygens (including phenoxy) is 2. The lowest BCUT2D eigenvalue weighted by Crippen LogP contribution is -2.29. The maximum Gasteiger partial charge on any atom is 0.336 e. The van der Waals surface area contributed by atoms with Crippen molar-refractivity contribution >= 4 is 40.7 Å². The smallest absolute Gasteiger partial charge is 0.336 e. The first-order valence-corrected chi connectivity index (χ1v) is 10.7. The molecule has 162 valence electrons. The molecular formula is C25H19Cl2NO4. The molecule has 0 saturated heterocycles. The van der Waals surface area contributed by atoms with Gasteiger partial charge in [0.1, 0.15) is 6.61 Å². The Morgan fingerprint density at radius 3 is 2.47 bits per heavy atom. The van der Waals surface area contributed by atoms with E-state index in [1.807, 2.05) is 18.2 Å². The molecule has 32 heavy (non-hydrogen) atoms. The molecule has 1 N–H and O–H groups in total. The van der Waals surface area contributed by atoms with E-state index in [-0.39, 0.29) is 34.8 Å². The van der Waals surface area contributed by atoms with Crippen molar-refractivity contribution in [1.29, 1.82) is 0 Å². The highest BCUT2D eigenvalue weighted by Crippen LogP contribution is 2.48. The molecule has 0 saturated carbocycles. The van der Waals surface area contributed by atoms with Gasteiger partial charge >= 0.3 is 5.97 Å². The quantitative estimate of drug-likeness (QED) is 0.487. The maximum absolute atomic E-state index is 13.4. The second-order valence-corrected chi connectivity index (χ2v) is 8.10. The fourth-order valence-electron chi connectivity index (χ4n) is 4.14. The zero-order valence-corrected chi connectivity index (χ0v) is 18.9. The van der Waals surface area contributed by atoms with Crippen molar-refractivity contribution in [2.75, 3.05) is 13.2 Å². The van der Waals surface area contributed by atoms with Crippen LogP contribution < -0.4 is 10.1 Å². The summed E-state index contributed by atoms with van der Waals surface area (Å²) < 4.78 is 10.8. The van der Waals surface area contributed by atoms with Crippen molar-refractivity contribution in [3.63, 3.8) is 0 Å². The van der Waals surface area contributed by atoms with Crippen LogP contribution in [0.1, 0.15) is 41.3 Å². The highest BCUT2D eigenvalue weighted by Gasteiger charge is 2.43. The molecule has 1 heterocycles. The summed E-state index contributed by atoms with van der Waals surface area (Å²) in [6, 6.07) is 10.6. The van der Waals surface area contributed by atoms with Gasteiger partial charge in [0.25, 0.3) is 0 Å². The lowest BCUT2D eigenvalue weighted by Gasteiger charge is -2.29. The number of hydrogen-bond donors (Lipinski definition) is 1. The molecule has 0 bridgehead atoms. The summed E-state index contributed by atoms with van der Waals surface area (Å²) in [4.78, 5) is 26.4. The zero-order chi connectivity index (χ0) is 23.0. The number of benzene rings is 2. The zero-order valence-electron chi connectivity index (χ0n) is 17.4. The van der Waals surface area contributed by atoms with E-state index >= 15 is 0 Å². The van der Waals surface area contributed by atoms with Gasteiger partial charge in [0.05, 0.1) is 27.9 Å². The Hall–Kier alpha value is -3.20. The highest BCUT2D eigenvalue weighted by atomic mass is 35.5. The number of carbonyl (C=O) groups excluding carboxylic acids is 2. The Labute approximate surface area is 196 Å². The first-order chi connectivity index (χ1) is 15.4. The van der Waals surface area contributed by atoms with Gasteiger partial charge in [-0.3, -0.25) is 4.79 Å². The summed E-state index contributed by atoms with van der Waals surface area (Å²) in [7, 11) is 0. The van der Waals surface area contributed by atoms with Gasteiger partial charge in [0, 0.05) is 28.3 Å². The second-order valence-electron chi connectivity index (χ2n) is 7.29. The molecule has 5 nitrogen and oxygen atoms in total. The topological polar surface area (TPSA) is 64.6 Å². The molecule has 7 heteroatoms. The van der Waals surface area contributed by atoms with E-state index in [4.69, 9.17) is 39.1 Å². The Kier molecular flexibility index (Phi) is 6.01. The van der Waals surface area contributed by atoms with Crippen molar-refractivity contribution in [3.8, 4) is 18.1 Å². The molecule has 2 aromatic carbocycles. The van der Waals surface area contributed by atoms with Crippen LogP contribution >= 0.6 is 23.2 Å². The van der Waals surface area contributed by atoms with Crippen LogP contribution in [0.4, 0.5) is 0 Å². The molecule has 4 rings (SSSR count). The molecule has 0 radical (unpaired) electrons. The first-order valence-electron chi connectivity index (χ1n) is 9.97. The van der Waals surface area contributed by atoms with E-state index in [1.165, 1.54) is 0 Å². The van der Waals surface area contributed by atoms with Gasteiger partial charge in [-0.05, 0) is 31.5 Å². The van der Waals surface area contributed by atoms with Crippen molar-refractivity contribution in [3.05, 3.63) is 80.0 Å². The van der Waals surface area contributed by atoms with Crippen LogP contribution in [0.2, 0.25) is 10.0 Å². The third-order valence-electron chi connectivity index (χ3n) is 5.40. The van der Waals surface area contributed by atoms with E-state index in [2.05, 4.69) is 11.2 Å². The normalized spacial score (nSPS) is 16.8. The highest BCUT2D eigenvalue weighted by molar-refractivity contribution is 6.37. The van der Waals surface area contributed by atoms with Crippen LogP contribution in [0.5, 0.6) is 5.75 Å². The summed E-state index contributed by atoms with van der Waals surface area (Å²) in [5.41, 5.74) is 3.97. The minimum Gasteiger partial charge on any atom is -0.478 e. The molecule has 1 aliphatic carbocycles. The van der Waals surface area contributed by atoms with Gasteiger partial charge in [0.2, 0.25) is 0 Å². The maximum atomic E-state index is 13.4. The largest absolute Gasteiger partial charge is 0.478 e. The fraction of sp³-hybridized carbons (Fsp3) is 0.200. The number of fused-ring (bicyclic) bond motifs is 2. The molecule has 2 aromatic rings. The number of dihydropyridines is 1. The van der Waals surface area contributed by atoms with Crippen LogP contribution in [0, 0.1) is 12.3 Å². The lowest BCUT2D eigenvalue weighted by molar-refractivity contribution is -0.138. The molecule has 0 spiro atoms. The third-order valence-corrected chi connectivity index (χ3v) is 5.96. The Morgan fingerprint density at radius 2 is 1.84 bits per heavy atom. The number of terminal acetylenes is 1. The molecule has 1 aliphatic heterocycles. The Balaban J connectivity index is 1.91. The van der Waals surface area contributed by atoms with E-state index in [1.54, 1.807) is 32.0 Å². The summed E-state index contributed by atoms with van der Waals surface area (Å²) in [5, 5.41) is 3.71. The number of Topliss-reactive ketones (excluding diaryl/α,β-unsaturated/α-hetero) is 1. The summed E-state index contributed by atoms with van der Waals surface area (Å²) in [6.45, 7) is 3.71. The minimum absolute atomic E-state index is 0.00230. The van der Waals surface area contributed by atoms with Crippen molar-refractivity contribution in [2.24, 2.45) is 0 Å². The van der Waals surface area contributed by atoms with Gasteiger partial charge in [-0.1, -0.05) is 53.4 Å². The molecule has 2 aliphatic rings. The molecule has 0 aromatic heterocycles. The molecule has 0 amide bonds. The third kappa shape index (κ3) is 3.56. The Morgan fingerprint density at radius 1 is 1.19 bits per heavy atom. The van der Waals surface area contributed by atoms with Gasteiger partial charge in [-0.2, -0.15) is 0 Å². The average molecular weight is 468 g/mol. The summed E-state index contributed by atoms with van der Waals surface area (Å²) >= 11 is 12.9. The van der Waals surface area contributed by atoms with E-state index in [0.717, 1.165) is 5.56 Å². The second kappa shape index (κ2) is 8.74. The van der Waals surface area contributed by atoms with Crippen LogP contribution in [0.25, 0.3) is 5.70 Å². The predicted molar refractivity (Wildman–Crippen MR) is 124 cm³/mol. The number of rotatable bonds is 5. The van der Waals surface area contributed by atoms with Crippen molar-refractivity contribution in [1.82, 2.24) is 5.32 Å². The van der Waals surface area contributed by atoms with Gasteiger partial charge in [-0.15, -0.1) is 6.42 Å². The minimum atomic E-state index is -0.720. The number of nitrogens with one attached hydrogen (secondary N) is 1. The summed E-state index contributed by atoms with van der Waals surface area (Å²) in [5.74, 6) is 1.21. The van der Waals surface area contributed by atoms with E-state index < -0.39 is 11.9 Å². The number of allylic oxidation sites excluding steroid dienone is 2. The SMILES string of the molecule is C#CCOc1c(Cl)cc([C@@H]2C(C(=O)OCC)=C(C)NC3=C2C(=O)c2ccccc23)cc1Cl. The first kappa shape index (κ1) is 22.0. The lowest BCUT2D eigenvalue weighted by atomic mass is 9.80. The average Bonchev–Trinajstić information content (AvgIpc) is 3.04. The number of halogens is 2. The van der Waals surface area contributed by atoms with E-state index in [9.17, 15) is 9.59 Å². The van der Waals surface area contributed by atoms with Crippen molar-refractivity contribution < 1.29 is 19.1 Å². The number of esters is 1. The van der Waals surface area contributed by atoms with Crippen LogP contribution in [-0.2, 0) is 9.53 Å². The number of ketones is 1. The van der Waals surface area contributed by atoms with Crippen LogP contribution in [0.15, 0.2) is 53.2 Å². The standard InChI is InChI=1S/C25H19Cl2NO4/c1-4-10-32-24-17(26)11-14(12-18(24)27)20-19(25(30)31-5-2)13(3)28-22-15-8-6-7-9-16(15)23(29)21(20)22/h1,6-9,11-12,20,28H,5,10H2,2-3H3/t20-/m1/s1. The van der Waals surface area contributed by atoms with Crippen LogP contribution in [-0.4, -0.2) is 25.0 Å². The van der Waals surface area contributed by atoms with Gasteiger partial charge < -0.3 is 14.8 Å². The summed E-state index contributed by atoms with van der Waals surface area (Å²) in [6.07, 6.45) is 5.26. The molecular weight excluding hydrogens is 449 g/mol. The van der Waals surface area contributed by atoms with E-state index in [0.29, 0.717) is 33.7 Å². The number of hydrogen-bond acceptors (Lipinski definition) is 5. The molecule has 1 atom stereocenters.